The monoisotopic (exact) mass is 398 g/mol. The molecule has 8 heteroatoms. The summed E-state index contributed by atoms with van der Waals surface area (Å²) in [7, 11) is 0. The van der Waals surface area contributed by atoms with E-state index in [4.69, 9.17) is 26.2 Å². The van der Waals surface area contributed by atoms with Crippen LogP contribution in [-0.2, 0) is 4.79 Å². The van der Waals surface area contributed by atoms with Crippen molar-refractivity contribution in [1.29, 1.82) is 0 Å². The predicted molar refractivity (Wildman–Crippen MR) is 93.5 cm³/mol. The molecule has 0 radical (unpaired) electrons. The third kappa shape index (κ3) is 3.73. The molecule has 0 bridgehead atoms. The zero-order valence-electron chi connectivity index (χ0n) is 14.2. The van der Waals surface area contributed by atoms with Gasteiger partial charge in [-0.3, -0.25) is 0 Å². The van der Waals surface area contributed by atoms with Gasteiger partial charge in [-0.25, -0.2) is 4.79 Å². The number of rotatable bonds is 3. The third-order valence-corrected chi connectivity index (χ3v) is 4.36. The van der Waals surface area contributed by atoms with E-state index in [1.54, 1.807) is 18.2 Å². The molecule has 0 aliphatic carbocycles. The van der Waals surface area contributed by atoms with Crippen molar-refractivity contribution >= 4 is 23.6 Å². The first kappa shape index (κ1) is 19.1. The highest BCUT2D eigenvalue weighted by molar-refractivity contribution is 6.32. The summed E-state index contributed by atoms with van der Waals surface area (Å²) in [5.74, 6) is -1.17. The summed E-state index contributed by atoms with van der Waals surface area (Å²) in [5, 5.41) is 9.44. The minimum absolute atomic E-state index is 0.0805. The molecule has 27 heavy (non-hydrogen) atoms. The Morgan fingerprint density at radius 2 is 1.85 bits per heavy atom. The average molecular weight is 399 g/mol. The largest absolute Gasteiger partial charge is 0.478 e. The summed E-state index contributed by atoms with van der Waals surface area (Å²) < 4.78 is 50.5. The fourth-order valence-electron chi connectivity index (χ4n) is 2.72. The quantitative estimate of drug-likeness (QED) is 0.737. The molecule has 3 rings (SSSR count). The molecule has 0 fully saturated rings. The lowest BCUT2D eigenvalue weighted by Gasteiger charge is -2.28. The number of alkyl halides is 3. The van der Waals surface area contributed by atoms with Gasteiger partial charge >= 0.3 is 12.1 Å². The minimum atomic E-state index is -4.87. The Hall–Kier alpha value is -2.67. The molecule has 4 nitrogen and oxygen atoms in total. The predicted octanol–water partition coefficient (Wildman–Crippen LogP) is 5.54. The van der Waals surface area contributed by atoms with E-state index in [1.165, 1.54) is 19.1 Å². The molecule has 2 aromatic rings. The van der Waals surface area contributed by atoms with Crippen LogP contribution in [0.2, 0.25) is 5.02 Å². The lowest BCUT2D eigenvalue weighted by Crippen LogP contribution is -2.40. The number of benzene rings is 2. The molecule has 0 aromatic heterocycles. The second kappa shape index (κ2) is 6.81. The maximum Gasteiger partial charge on any atom is 0.430 e. The van der Waals surface area contributed by atoms with E-state index in [0.717, 1.165) is 11.6 Å². The Kier molecular flexibility index (Phi) is 4.82. The first-order chi connectivity index (χ1) is 12.6. The lowest BCUT2D eigenvalue weighted by molar-refractivity contribution is -0.187. The summed E-state index contributed by atoms with van der Waals surface area (Å²) >= 11 is 6.13. The molecule has 1 aliphatic heterocycles. The number of halogens is 4. The molecule has 1 atom stereocenters. The number of hydrogen-bond donors (Lipinski definition) is 1. The van der Waals surface area contributed by atoms with Gasteiger partial charge in [-0.1, -0.05) is 17.7 Å². The Morgan fingerprint density at radius 1 is 1.19 bits per heavy atom. The van der Waals surface area contributed by atoms with Gasteiger partial charge in [0.05, 0.1) is 10.6 Å². The van der Waals surface area contributed by atoms with Crippen molar-refractivity contribution in [3.05, 3.63) is 57.6 Å². The van der Waals surface area contributed by atoms with Gasteiger partial charge in [0.15, 0.2) is 0 Å². The van der Waals surface area contributed by atoms with Gasteiger partial charge in [0.25, 0.3) is 0 Å². The number of hydrogen-bond acceptors (Lipinski definition) is 3. The van der Waals surface area contributed by atoms with E-state index < -0.39 is 23.8 Å². The fraction of sp³-hybridized carbons (Fsp3) is 0.211. The van der Waals surface area contributed by atoms with Crippen LogP contribution in [0.25, 0.3) is 6.08 Å². The highest BCUT2D eigenvalue weighted by Gasteiger charge is 2.48. The highest BCUT2D eigenvalue weighted by atomic mass is 35.5. The van der Waals surface area contributed by atoms with E-state index in [9.17, 15) is 18.0 Å². The highest BCUT2D eigenvalue weighted by Crippen LogP contribution is 2.43. The summed E-state index contributed by atoms with van der Waals surface area (Å²) in [4.78, 5) is 11.2. The Bertz CT molecular complexity index is 951. The van der Waals surface area contributed by atoms with Gasteiger partial charge in [0, 0.05) is 11.1 Å². The summed E-state index contributed by atoms with van der Waals surface area (Å²) in [6.07, 6.45) is -6.46. The van der Waals surface area contributed by atoms with Gasteiger partial charge in [-0.2, -0.15) is 13.2 Å². The van der Waals surface area contributed by atoms with E-state index in [-0.39, 0.29) is 17.1 Å². The first-order valence-corrected chi connectivity index (χ1v) is 8.21. The molecule has 0 saturated heterocycles. The Balaban J connectivity index is 2.03. The van der Waals surface area contributed by atoms with Crippen LogP contribution in [0, 0.1) is 13.8 Å². The number of aliphatic carboxylic acids is 1. The van der Waals surface area contributed by atoms with E-state index in [0.29, 0.717) is 16.3 Å². The van der Waals surface area contributed by atoms with Gasteiger partial charge in [0.1, 0.15) is 17.2 Å². The van der Waals surface area contributed by atoms with Crippen molar-refractivity contribution in [2.45, 2.75) is 26.1 Å². The number of carbonyl (C=O) groups is 1. The van der Waals surface area contributed by atoms with Crippen LogP contribution in [-0.4, -0.2) is 23.4 Å². The van der Waals surface area contributed by atoms with Crippen molar-refractivity contribution in [3.8, 4) is 17.2 Å². The van der Waals surface area contributed by atoms with E-state index >= 15 is 0 Å². The summed E-state index contributed by atoms with van der Waals surface area (Å²) in [6, 6.07) is 8.10. The molecule has 1 N–H and O–H groups in total. The van der Waals surface area contributed by atoms with Crippen LogP contribution in [0.3, 0.4) is 0 Å². The van der Waals surface area contributed by atoms with Crippen LogP contribution >= 0.6 is 11.6 Å². The molecule has 0 saturated carbocycles. The zero-order valence-corrected chi connectivity index (χ0v) is 15.0. The Morgan fingerprint density at radius 3 is 2.44 bits per heavy atom. The van der Waals surface area contributed by atoms with Crippen LogP contribution in [0.15, 0.2) is 35.9 Å². The van der Waals surface area contributed by atoms with Crippen LogP contribution in [0.1, 0.15) is 16.7 Å². The standard InChI is InChI=1S/C19H14ClF3O4/c1-9-3-5-15(13(20)7-9)26-14-6-4-11-8-12(18(24)25)17(19(21,22)23)27-16(11)10(14)2/h3-8,17H,1-2H3,(H,24,25). The van der Waals surface area contributed by atoms with Crippen molar-refractivity contribution in [3.63, 3.8) is 0 Å². The van der Waals surface area contributed by atoms with E-state index in [2.05, 4.69) is 0 Å². The molecule has 1 aliphatic rings. The smallest absolute Gasteiger partial charge is 0.430 e. The molecule has 142 valence electrons. The normalized spacial score (nSPS) is 16.2. The fourth-order valence-corrected chi connectivity index (χ4v) is 3.00. The molecule has 0 spiro atoms. The van der Waals surface area contributed by atoms with Crippen molar-refractivity contribution in [2.75, 3.05) is 0 Å². The maximum atomic E-state index is 13.2. The van der Waals surface area contributed by atoms with Gasteiger partial charge in [-0.05, 0) is 49.8 Å². The maximum absolute atomic E-state index is 13.2. The second-order valence-electron chi connectivity index (χ2n) is 6.09. The molecule has 2 aromatic carbocycles. The molecule has 0 amide bonds. The SMILES string of the molecule is Cc1ccc(Oc2ccc3c(c2C)OC(C(F)(F)F)C(C(=O)O)=C3)c(Cl)c1. The topological polar surface area (TPSA) is 55.8 Å². The Labute approximate surface area is 157 Å². The third-order valence-electron chi connectivity index (χ3n) is 4.07. The second-order valence-corrected chi connectivity index (χ2v) is 6.49. The number of carboxylic acids is 1. The minimum Gasteiger partial charge on any atom is -0.478 e. The number of ether oxygens (including phenoxy) is 2. The van der Waals surface area contributed by atoms with Crippen molar-refractivity contribution < 1.29 is 32.5 Å². The first-order valence-electron chi connectivity index (χ1n) is 7.84. The van der Waals surface area contributed by atoms with Gasteiger partial charge < -0.3 is 14.6 Å². The molecule has 1 heterocycles. The van der Waals surface area contributed by atoms with Crippen molar-refractivity contribution in [1.82, 2.24) is 0 Å². The summed E-state index contributed by atoms with van der Waals surface area (Å²) in [6.45, 7) is 3.39. The molecule has 1 unspecified atom stereocenters. The van der Waals surface area contributed by atoms with Crippen LogP contribution < -0.4 is 9.47 Å². The number of carboxylic acid groups (broad SMARTS) is 1. The van der Waals surface area contributed by atoms with E-state index in [1.807, 2.05) is 6.92 Å². The zero-order chi connectivity index (χ0) is 19.9. The van der Waals surface area contributed by atoms with Crippen molar-refractivity contribution in [2.24, 2.45) is 0 Å². The number of aryl methyl sites for hydroxylation is 1. The number of fused-ring (bicyclic) bond motifs is 1. The molecular weight excluding hydrogens is 385 g/mol. The summed E-state index contributed by atoms with van der Waals surface area (Å²) in [5.41, 5.74) is 0.591. The lowest BCUT2D eigenvalue weighted by atomic mass is 9.99. The van der Waals surface area contributed by atoms with Crippen LogP contribution in [0.5, 0.6) is 17.2 Å². The molecular formula is C19H14ClF3O4. The van der Waals surface area contributed by atoms with Crippen LogP contribution in [0.4, 0.5) is 13.2 Å². The van der Waals surface area contributed by atoms with Gasteiger partial charge in [0.2, 0.25) is 6.10 Å². The average Bonchev–Trinajstić information content (AvgIpc) is 2.57. The van der Waals surface area contributed by atoms with Gasteiger partial charge in [-0.15, -0.1) is 0 Å².